The fourth-order valence-corrected chi connectivity index (χ4v) is 2.77. The van der Waals surface area contributed by atoms with Gasteiger partial charge in [-0.25, -0.2) is 0 Å². The SMILES string of the molecule is C1=CC(c2ccc(OCc3ccccc3)cc2)Oc2ccccc21. The molecule has 1 heterocycles. The van der Waals surface area contributed by atoms with Gasteiger partial charge in [-0.3, -0.25) is 0 Å². The first-order valence-corrected chi connectivity index (χ1v) is 8.09. The number of rotatable bonds is 4. The zero-order valence-corrected chi connectivity index (χ0v) is 13.3. The van der Waals surface area contributed by atoms with E-state index >= 15 is 0 Å². The van der Waals surface area contributed by atoms with Crippen molar-refractivity contribution >= 4 is 6.08 Å². The van der Waals surface area contributed by atoms with Crippen LogP contribution < -0.4 is 9.47 Å². The Morgan fingerprint density at radius 2 is 1.54 bits per heavy atom. The topological polar surface area (TPSA) is 18.5 Å². The smallest absolute Gasteiger partial charge is 0.142 e. The lowest BCUT2D eigenvalue weighted by Crippen LogP contribution is -2.08. The van der Waals surface area contributed by atoms with Crippen LogP contribution in [0.15, 0.2) is 84.9 Å². The Hall–Kier alpha value is -3.00. The Morgan fingerprint density at radius 3 is 2.38 bits per heavy atom. The van der Waals surface area contributed by atoms with Crippen LogP contribution in [0.5, 0.6) is 11.5 Å². The van der Waals surface area contributed by atoms with Gasteiger partial charge in [-0.15, -0.1) is 0 Å². The quantitative estimate of drug-likeness (QED) is 0.641. The third-order valence-corrected chi connectivity index (χ3v) is 4.08. The van der Waals surface area contributed by atoms with Crippen LogP contribution in [0, 0.1) is 0 Å². The van der Waals surface area contributed by atoms with Crippen molar-refractivity contribution in [3.8, 4) is 11.5 Å². The summed E-state index contributed by atoms with van der Waals surface area (Å²) >= 11 is 0. The molecule has 0 aromatic heterocycles. The molecule has 2 heteroatoms. The van der Waals surface area contributed by atoms with Gasteiger partial charge in [0.15, 0.2) is 0 Å². The highest BCUT2D eigenvalue weighted by Crippen LogP contribution is 2.32. The van der Waals surface area contributed by atoms with E-state index in [1.165, 1.54) is 0 Å². The first-order chi connectivity index (χ1) is 11.9. The predicted molar refractivity (Wildman–Crippen MR) is 96.1 cm³/mol. The average Bonchev–Trinajstić information content (AvgIpc) is 2.67. The third kappa shape index (κ3) is 3.18. The molecular formula is C22H18O2. The molecule has 24 heavy (non-hydrogen) atoms. The molecule has 3 aromatic carbocycles. The van der Waals surface area contributed by atoms with Crippen LogP contribution in [0.4, 0.5) is 0 Å². The minimum atomic E-state index is -0.0527. The van der Waals surface area contributed by atoms with E-state index in [0.717, 1.165) is 28.2 Å². The maximum Gasteiger partial charge on any atom is 0.142 e. The molecule has 1 unspecified atom stereocenters. The van der Waals surface area contributed by atoms with Crippen molar-refractivity contribution in [2.75, 3.05) is 0 Å². The number of hydrogen-bond acceptors (Lipinski definition) is 2. The second-order valence-electron chi connectivity index (χ2n) is 5.78. The highest BCUT2D eigenvalue weighted by Gasteiger charge is 2.15. The molecule has 1 aliphatic rings. The largest absolute Gasteiger partial charge is 0.489 e. The number of fused-ring (bicyclic) bond motifs is 1. The molecule has 1 aliphatic heterocycles. The fraction of sp³-hybridized carbons (Fsp3) is 0.0909. The zero-order valence-electron chi connectivity index (χ0n) is 13.3. The summed E-state index contributed by atoms with van der Waals surface area (Å²) in [6, 6.07) is 26.4. The summed E-state index contributed by atoms with van der Waals surface area (Å²) in [6.45, 7) is 0.577. The minimum Gasteiger partial charge on any atom is -0.489 e. The van der Waals surface area contributed by atoms with Crippen molar-refractivity contribution in [2.24, 2.45) is 0 Å². The summed E-state index contributed by atoms with van der Waals surface area (Å²) in [6.07, 6.45) is 4.15. The molecular weight excluding hydrogens is 296 g/mol. The standard InChI is InChI=1S/C22H18O2/c1-2-6-17(7-3-1)16-23-20-13-10-19(11-14-20)22-15-12-18-8-4-5-9-21(18)24-22/h1-15,22H,16H2. The van der Waals surface area contributed by atoms with E-state index in [9.17, 15) is 0 Å². The van der Waals surface area contributed by atoms with Crippen LogP contribution in [0.25, 0.3) is 6.08 Å². The van der Waals surface area contributed by atoms with E-state index in [-0.39, 0.29) is 6.10 Å². The molecule has 3 aromatic rings. The Labute approximate surface area is 142 Å². The Bertz CT molecular complexity index is 835. The first-order valence-electron chi connectivity index (χ1n) is 8.09. The Kier molecular flexibility index (Phi) is 4.03. The Morgan fingerprint density at radius 1 is 0.792 bits per heavy atom. The molecule has 0 amide bonds. The summed E-state index contributed by atoms with van der Waals surface area (Å²) < 4.78 is 11.9. The van der Waals surface area contributed by atoms with E-state index in [1.807, 2.05) is 48.5 Å². The van der Waals surface area contributed by atoms with Gasteiger partial charge in [0, 0.05) is 5.56 Å². The van der Waals surface area contributed by atoms with Gasteiger partial charge in [-0.1, -0.05) is 66.7 Å². The van der Waals surface area contributed by atoms with Gasteiger partial charge in [-0.05, 0) is 35.4 Å². The predicted octanol–water partition coefficient (Wildman–Crippen LogP) is 5.41. The Balaban J connectivity index is 1.43. The van der Waals surface area contributed by atoms with Crippen LogP contribution >= 0.6 is 0 Å². The molecule has 2 nitrogen and oxygen atoms in total. The lowest BCUT2D eigenvalue weighted by molar-refractivity contribution is 0.251. The third-order valence-electron chi connectivity index (χ3n) is 4.08. The van der Waals surface area contributed by atoms with Crippen molar-refractivity contribution in [1.82, 2.24) is 0 Å². The molecule has 0 saturated heterocycles. The summed E-state index contributed by atoms with van der Waals surface area (Å²) in [7, 11) is 0. The van der Waals surface area contributed by atoms with Crippen LogP contribution in [0.3, 0.4) is 0 Å². The summed E-state index contributed by atoms with van der Waals surface area (Å²) in [5.41, 5.74) is 3.40. The molecule has 0 bridgehead atoms. The molecule has 118 valence electrons. The second-order valence-corrected chi connectivity index (χ2v) is 5.78. The first kappa shape index (κ1) is 14.6. The number of ether oxygens (including phenoxy) is 2. The number of para-hydroxylation sites is 1. The second kappa shape index (κ2) is 6.63. The highest BCUT2D eigenvalue weighted by atomic mass is 16.5. The molecule has 0 fully saturated rings. The maximum absolute atomic E-state index is 6.06. The number of hydrogen-bond donors (Lipinski definition) is 0. The molecule has 0 N–H and O–H groups in total. The molecule has 0 spiro atoms. The van der Waals surface area contributed by atoms with E-state index in [4.69, 9.17) is 9.47 Å². The molecule has 0 aliphatic carbocycles. The van der Waals surface area contributed by atoms with Crippen LogP contribution in [-0.2, 0) is 6.61 Å². The summed E-state index contributed by atoms with van der Waals surface area (Å²) in [5, 5.41) is 0. The van der Waals surface area contributed by atoms with Gasteiger partial charge < -0.3 is 9.47 Å². The van der Waals surface area contributed by atoms with E-state index < -0.39 is 0 Å². The van der Waals surface area contributed by atoms with Crippen molar-refractivity contribution in [2.45, 2.75) is 12.7 Å². The number of benzene rings is 3. The van der Waals surface area contributed by atoms with Crippen molar-refractivity contribution < 1.29 is 9.47 Å². The van der Waals surface area contributed by atoms with E-state index in [1.54, 1.807) is 0 Å². The minimum absolute atomic E-state index is 0.0527. The van der Waals surface area contributed by atoms with Gasteiger partial charge in [0.25, 0.3) is 0 Å². The van der Waals surface area contributed by atoms with Crippen LogP contribution in [0.1, 0.15) is 22.8 Å². The van der Waals surface area contributed by atoms with Crippen LogP contribution in [0.2, 0.25) is 0 Å². The molecule has 0 saturated carbocycles. The van der Waals surface area contributed by atoms with Gasteiger partial charge in [0.05, 0.1) is 0 Å². The summed E-state index contributed by atoms with van der Waals surface area (Å²) in [5.74, 6) is 1.79. The fourth-order valence-electron chi connectivity index (χ4n) is 2.77. The lowest BCUT2D eigenvalue weighted by atomic mass is 10.0. The van der Waals surface area contributed by atoms with Gasteiger partial charge in [-0.2, -0.15) is 0 Å². The van der Waals surface area contributed by atoms with Gasteiger partial charge in [0.1, 0.15) is 24.2 Å². The average molecular weight is 314 g/mol. The zero-order chi connectivity index (χ0) is 16.2. The van der Waals surface area contributed by atoms with Gasteiger partial charge in [0.2, 0.25) is 0 Å². The van der Waals surface area contributed by atoms with Crippen molar-refractivity contribution in [3.63, 3.8) is 0 Å². The van der Waals surface area contributed by atoms with E-state index in [0.29, 0.717) is 6.61 Å². The maximum atomic E-state index is 6.06. The lowest BCUT2D eigenvalue weighted by Gasteiger charge is -2.21. The monoisotopic (exact) mass is 314 g/mol. The van der Waals surface area contributed by atoms with Gasteiger partial charge >= 0.3 is 0 Å². The molecule has 1 atom stereocenters. The van der Waals surface area contributed by atoms with E-state index in [2.05, 4.69) is 42.5 Å². The molecule has 4 rings (SSSR count). The van der Waals surface area contributed by atoms with Crippen molar-refractivity contribution in [1.29, 1.82) is 0 Å². The molecule has 0 radical (unpaired) electrons. The van der Waals surface area contributed by atoms with Crippen LogP contribution in [-0.4, -0.2) is 0 Å². The summed E-state index contributed by atoms with van der Waals surface area (Å²) in [4.78, 5) is 0. The highest BCUT2D eigenvalue weighted by molar-refractivity contribution is 5.60. The van der Waals surface area contributed by atoms with Crippen molar-refractivity contribution in [3.05, 3.63) is 102 Å². The normalized spacial score (nSPS) is 15.4.